The SMILES string of the molecule is CNc1nc(NCCNS(C)(=O)=O)c2[nH]cnc2n1. The van der Waals surface area contributed by atoms with Gasteiger partial charge in [-0.2, -0.15) is 9.97 Å². The van der Waals surface area contributed by atoms with Gasteiger partial charge in [0.05, 0.1) is 12.6 Å². The first kappa shape index (κ1) is 13.5. The molecular formula is C9H15N7O2S. The van der Waals surface area contributed by atoms with E-state index < -0.39 is 10.0 Å². The molecule has 2 rings (SSSR count). The Kier molecular flexibility index (Phi) is 3.81. The van der Waals surface area contributed by atoms with Crippen LogP contribution in [0.5, 0.6) is 0 Å². The van der Waals surface area contributed by atoms with Crippen LogP contribution in [0.1, 0.15) is 0 Å². The molecule has 0 atom stereocenters. The number of anilines is 2. The predicted molar refractivity (Wildman–Crippen MR) is 72.6 cm³/mol. The highest BCUT2D eigenvalue weighted by Gasteiger charge is 2.08. The fourth-order valence-corrected chi connectivity index (χ4v) is 1.96. The number of aromatic amines is 1. The van der Waals surface area contributed by atoms with Gasteiger partial charge in [0, 0.05) is 20.1 Å². The summed E-state index contributed by atoms with van der Waals surface area (Å²) in [4.78, 5) is 15.4. The van der Waals surface area contributed by atoms with E-state index in [2.05, 4.69) is 35.3 Å². The molecule has 0 saturated heterocycles. The molecule has 0 bridgehead atoms. The maximum absolute atomic E-state index is 10.9. The summed E-state index contributed by atoms with van der Waals surface area (Å²) >= 11 is 0. The molecular weight excluding hydrogens is 270 g/mol. The Morgan fingerprint density at radius 3 is 2.79 bits per heavy atom. The third kappa shape index (κ3) is 3.51. The van der Waals surface area contributed by atoms with E-state index in [1.807, 2.05) is 0 Å². The maximum atomic E-state index is 10.9. The van der Waals surface area contributed by atoms with Gasteiger partial charge in [-0.15, -0.1) is 0 Å². The van der Waals surface area contributed by atoms with Crippen molar-refractivity contribution in [2.75, 3.05) is 37.0 Å². The molecule has 0 fully saturated rings. The third-order valence-corrected chi connectivity index (χ3v) is 3.02. The second-order valence-electron chi connectivity index (χ2n) is 3.84. The monoisotopic (exact) mass is 285 g/mol. The number of rotatable bonds is 6. The molecule has 0 radical (unpaired) electrons. The summed E-state index contributed by atoms with van der Waals surface area (Å²) in [6.45, 7) is 0.675. The van der Waals surface area contributed by atoms with Crippen LogP contribution in [0.3, 0.4) is 0 Å². The molecule has 4 N–H and O–H groups in total. The number of imidazole rings is 1. The highest BCUT2D eigenvalue weighted by Crippen LogP contribution is 2.17. The van der Waals surface area contributed by atoms with Crippen LogP contribution in [-0.2, 0) is 10.0 Å². The van der Waals surface area contributed by atoms with Gasteiger partial charge in [-0.1, -0.05) is 0 Å². The van der Waals surface area contributed by atoms with Crippen LogP contribution in [0.2, 0.25) is 0 Å². The van der Waals surface area contributed by atoms with Gasteiger partial charge in [0.15, 0.2) is 11.5 Å². The number of H-pyrrole nitrogens is 1. The van der Waals surface area contributed by atoms with Crippen molar-refractivity contribution in [3.63, 3.8) is 0 Å². The average Bonchev–Trinajstić information content (AvgIpc) is 2.81. The molecule has 0 aliphatic carbocycles. The zero-order chi connectivity index (χ0) is 13.9. The second kappa shape index (κ2) is 5.36. The van der Waals surface area contributed by atoms with Crippen LogP contribution in [0, 0.1) is 0 Å². The Labute approximate surface area is 110 Å². The Hall–Kier alpha value is -1.94. The zero-order valence-corrected chi connectivity index (χ0v) is 11.4. The fraction of sp³-hybridized carbons (Fsp3) is 0.444. The van der Waals surface area contributed by atoms with Gasteiger partial charge >= 0.3 is 0 Å². The number of aromatic nitrogens is 4. The first-order valence-corrected chi connectivity index (χ1v) is 7.46. The summed E-state index contributed by atoms with van der Waals surface area (Å²) in [5, 5.41) is 5.87. The van der Waals surface area contributed by atoms with Gasteiger partial charge in [-0.05, 0) is 0 Å². The molecule has 0 spiro atoms. The molecule has 0 saturated carbocycles. The van der Waals surface area contributed by atoms with Crippen LogP contribution >= 0.6 is 0 Å². The van der Waals surface area contributed by atoms with Crippen molar-refractivity contribution in [2.24, 2.45) is 0 Å². The lowest BCUT2D eigenvalue weighted by atomic mass is 10.4. The first-order chi connectivity index (χ1) is 8.99. The lowest BCUT2D eigenvalue weighted by molar-refractivity contribution is 0.589. The third-order valence-electron chi connectivity index (χ3n) is 2.29. The molecule has 2 aromatic rings. The first-order valence-electron chi connectivity index (χ1n) is 5.57. The lowest BCUT2D eigenvalue weighted by Crippen LogP contribution is -2.27. The Balaban J connectivity index is 2.09. The predicted octanol–water partition coefficient (Wildman–Crippen LogP) is -0.644. The summed E-state index contributed by atoms with van der Waals surface area (Å²) in [6, 6.07) is 0. The Bertz CT molecular complexity index is 666. The molecule has 0 amide bonds. The van der Waals surface area contributed by atoms with Crippen molar-refractivity contribution < 1.29 is 8.42 Å². The van der Waals surface area contributed by atoms with Gasteiger partial charge in [-0.25, -0.2) is 18.1 Å². The van der Waals surface area contributed by atoms with Gasteiger partial charge < -0.3 is 15.6 Å². The number of hydrogen-bond acceptors (Lipinski definition) is 7. The number of nitrogens with zero attached hydrogens (tertiary/aromatic N) is 3. The van der Waals surface area contributed by atoms with Crippen molar-refractivity contribution in [1.82, 2.24) is 24.7 Å². The molecule has 9 nitrogen and oxygen atoms in total. The quantitative estimate of drug-likeness (QED) is 0.520. The van der Waals surface area contributed by atoms with Gasteiger partial charge in [0.1, 0.15) is 5.52 Å². The van der Waals surface area contributed by atoms with E-state index >= 15 is 0 Å². The lowest BCUT2D eigenvalue weighted by Gasteiger charge is -2.08. The van der Waals surface area contributed by atoms with E-state index in [-0.39, 0.29) is 6.54 Å². The molecule has 0 unspecified atom stereocenters. The molecule has 0 aliphatic heterocycles. The van der Waals surface area contributed by atoms with E-state index in [0.717, 1.165) is 6.26 Å². The maximum Gasteiger partial charge on any atom is 0.226 e. The van der Waals surface area contributed by atoms with Gasteiger partial charge in [0.25, 0.3) is 0 Å². The Morgan fingerprint density at radius 2 is 2.11 bits per heavy atom. The number of sulfonamides is 1. The summed E-state index contributed by atoms with van der Waals surface area (Å²) in [5.74, 6) is 1.01. The fourth-order valence-electron chi connectivity index (χ4n) is 1.49. The number of nitrogens with one attached hydrogen (secondary N) is 4. The minimum Gasteiger partial charge on any atom is -0.367 e. The summed E-state index contributed by atoms with van der Waals surface area (Å²) in [7, 11) is -1.47. The van der Waals surface area contributed by atoms with E-state index in [4.69, 9.17) is 0 Å². The van der Waals surface area contributed by atoms with Crippen LogP contribution in [-0.4, -0.2) is 54.7 Å². The number of hydrogen-bond donors (Lipinski definition) is 4. The summed E-state index contributed by atoms with van der Waals surface area (Å²) in [6.07, 6.45) is 2.64. The molecule has 10 heteroatoms. The van der Waals surface area contributed by atoms with E-state index in [0.29, 0.717) is 29.5 Å². The van der Waals surface area contributed by atoms with Crippen molar-refractivity contribution in [3.05, 3.63) is 6.33 Å². The minimum absolute atomic E-state index is 0.271. The van der Waals surface area contributed by atoms with Gasteiger partial charge in [0.2, 0.25) is 16.0 Å². The molecule has 2 aromatic heterocycles. The van der Waals surface area contributed by atoms with Crippen molar-refractivity contribution >= 4 is 33.0 Å². The molecule has 2 heterocycles. The highest BCUT2D eigenvalue weighted by atomic mass is 32.2. The molecule has 0 aliphatic rings. The van der Waals surface area contributed by atoms with Crippen LogP contribution < -0.4 is 15.4 Å². The minimum atomic E-state index is -3.18. The van der Waals surface area contributed by atoms with Crippen LogP contribution in [0.25, 0.3) is 11.2 Å². The molecule has 104 valence electrons. The smallest absolute Gasteiger partial charge is 0.226 e. The Morgan fingerprint density at radius 1 is 1.32 bits per heavy atom. The summed E-state index contributed by atoms with van der Waals surface area (Å²) in [5.41, 5.74) is 1.22. The van der Waals surface area contributed by atoms with Crippen molar-refractivity contribution in [2.45, 2.75) is 0 Å². The van der Waals surface area contributed by atoms with Crippen molar-refractivity contribution in [1.29, 1.82) is 0 Å². The van der Waals surface area contributed by atoms with Gasteiger partial charge in [-0.3, -0.25) is 0 Å². The van der Waals surface area contributed by atoms with E-state index in [9.17, 15) is 8.42 Å². The van der Waals surface area contributed by atoms with Crippen LogP contribution in [0.4, 0.5) is 11.8 Å². The average molecular weight is 285 g/mol. The second-order valence-corrected chi connectivity index (χ2v) is 5.67. The van der Waals surface area contributed by atoms with Crippen LogP contribution in [0.15, 0.2) is 6.33 Å². The van der Waals surface area contributed by atoms with Crippen molar-refractivity contribution in [3.8, 4) is 0 Å². The molecule has 0 aromatic carbocycles. The normalized spacial score (nSPS) is 11.7. The zero-order valence-electron chi connectivity index (χ0n) is 10.6. The summed E-state index contributed by atoms with van der Waals surface area (Å²) < 4.78 is 24.2. The number of fused-ring (bicyclic) bond motifs is 1. The van der Waals surface area contributed by atoms with E-state index in [1.54, 1.807) is 7.05 Å². The standard InChI is InChI=1S/C9H15N7O2S/c1-10-9-15-7(6-8(16-9)13-5-12-6)11-3-4-14-19(2,17)18/h5,14H,3-4H2,1-2H3,(H3,10,11,12,13,15,16). The van der Waals surface area contributed by atoms with E-state index in [1.165, 1.54) is 6.33 Å². The highest BCUT2D eigenvalue weighted by molar-refractivity contribution is 7.88. The molecule has 19 heavy (non-hydrogen) atoms. The largest absolute Gasteiger partial charge is 0.367 e. The topological polar surface area (TPSA) is 125 Å².